The highest BCUT2D eigenvalue weighted by Gasteiger charge is 2.54. The molecule has 8 bridgehead atoms. The van der Waals surface area contributed by atoms with Crippen LogP contribution in [0.1, 0.15) is 83.5 Å². The molecule has 1 heterocycles. The van der Waals surface area contributed by atoms with E-state index >= 15 is 0 Å². The van der Waals surface area contributed by atoms with Crippen molar-refractivity contribution in [3.05, 3.63) is 0 Å². The Bertz CT molecular complexity index is 512. The lowest BCUT2D eigenvalue weighted by Crippen LogP contribution is -2.53. The van der Waals surface area contributed by atoms with E-state index in [-0.39, 0.29) is 0 Å². The Hall–Kier alpha value is 0.620. The van der Waals surface area contributed by atoms with Crippen molar-refractivity contribution in [1.82, 2.24) is 8.61 Å². The zero-order chi connectivity index (χ0) is 18.3. The van der Waals surface area contributed by atoms with Crippen molar-refractivity contribution < 1.29 is 0 Å². The smallest absolute Gasteiger partial charge is 0.0704 e. The van der Waals surface area contributed by atoms with Crippen molar-refractivity contribution in [1.29, 1.82) is 0 Å². The monoisotopic (exact) mass is 418 g/mol. The van der Waals surface area contributed by atoms with Gasteiger partial charge in [0.15, 0.2) is 0 Å². The standard InChI is InChI=1S/C24H38N2S2/c1-2-25(27-23-10-17-4-18(11-23)6-19(5-17)12-23)16-26(3-1)28-24-13-20-7-21(14-24)9-22(8-20)15-24/h17-22H,1-16H2. The second-order valence-corrected chi connectivity index (χ2v) is 15.4. The van der Waals surface area contributed by atoms with Crippen molar-refractivity contribution in [2.45, 2.75) is 93.0 Å². The van der Waals surface area contributed by atoms with E-state index in [9.17, 15) is 0 Å². The second kappa shape index (κ2) is 6.56. The molecule has 4 heteroatoms. The Balaban J connectivity index is 1.03. The molecule has 0 aromatic carbocycles. The first-order valence-electron chi connectivity index (χ1n) is 12.5. The average Bonchev–Trinajstić information content (AvgIpc) is 2.58. The van der Waals surface area contributed by atoms with Crippen LogP contribution in [-0.4, -0.2) is 37.9 Å². The summed E-state index contributed by atoms with van der Waals surface area (Å²) in [4.78, 5) is 0. The van der Waals surface area contributed by atoms with Crippen LogP contribution in [0.4, 0.5) is 0 Å². The van der Waals surface area contributed by atoms with Crippen LogP contribution in [-0.2, 0) is 0 Å². The van der Waals surface area contributed by atoms with Crippen molar-refractivity contribution in [3.8, 4) is 0 Å². The molecule has 1 saturated heterocycles. The SMILES string of the molecule is C1CN(SC23CC4CC(CC(C4)C2)C3)CN(SC23CC4CC(CC(C4)C2)C3)C1. The molecular formula is C24H38N2S2. The average molecular weight is 419 g/mol. The van der Waals surface area contributed by atoms with Gasteiger partial charge in [0, 0.05) is 22.6 Å². The summed E-state index contributed by atoms with van der Waals surface area (Å²) in [7, 11) is 0. The normalized spacial score (nSPS) is 55.3. The summed E-state index contributed by atoms with van der Waals surface area (Å²) in [5, 5.41) is 0. The molecule has 9 aliphatic rings. The first kappa shape index (κ1) is 18.2. The Morgan fingerprint density at radius 2 is 0.821 bits per heavy atom. The van der Waals surface area contributed by atoms with E-state index in [2.05, 4.69) is 32.5 Å². The molecule has 156 valence electrons. The van der Waals surface area contributed by atoms with Gasteiger partial charge < -0.3 is 0 Å². The van der Waals surface area contributed by atoms with Gasteiger partial charge in [-0.15, -0.1) is 0 Å². The Labute approximate surface area is 180 Å². The van der Waals surface area contributed by atoms with Crippen LogP contribution in [0, 0.1) is 35.5 Å². The molecule has 0 radical (unpaired) electrons. The fourth-order valence-corrected chi connectivity index (χ4v) is 13.6. The topological polar surface area (TPSA) is 6.48 Å². The summed E-state index contributed by atoms with van der Waals surface area (Å²) >= 11 is 4.71. The van der Waals surface area contributed by atoms with E-state index in [0.29, 0.717) is 9.49 Å². The van der Waals surface area contributed by atoms with Gasteiger partial charge in [0.2, 0.25) is 0 Å². The quantitative estimate of drug-likeness (QED) is 0.502. The van der Waals surface area contributed by atoms with Crippen molar-refractivity contribution in [2.75, 3.05) is 19.8 Å². The van der Waals surface area contributed by atoms with Crippen LogP contribution in [0.2, 0.25) is 0 Å². The number of hydrogen-bond donors (Lipinski definition) is 0. The molecule has 0 N–H and O–H groups in total. The molecule has 1 aliphatic heterocycles. The van der Waals surface area contributed by atoms with Crippen molar-refractivity contribution in [2.24, 2.45) is 35.5 Å². The van der Waals surface area contributed by atoms with Crippen LogP contribution in [0.3, 0.4) is 0 Å². The summed E-state index contributed by atoms with van der Waals surface area (Å²) in [6, 6.07) is 0. The highest BCUT2D eigenvalue weighted by Crippen LogP contribution is 2.63. The third-order valence-electron chi connectivity index (χ3n) is 9.74. The van der Waals surface area contributed by atoms with Gasteiger partial charge in [-0.1, -0.05) is 23.9 Å². The first-order chi connectivity index (χ1) is 13.6. The zero-order valence-electron chi connectivity index (χ0n) is 17.5. The van der Waals surface area contributed by atoms with Crippen molar-refractivity contribution in [3.63, 3.8) is 0 Å². The number of hydrogen-bond acceptors (Lipinski definition) is 4. The Morgan fingerprint density at radius 3 is 1.14 bits per heavy atom. The summed E-state index contributed by atoms with van der Waals surface area (Å²) < 4.78 is 6.93. The van der Waals surface area contributed by atoms with Gasteiger partial charge in [-0.25, -0.2) is 8.61 Å². The van der Waals surface area contributed by atoms with E-state index in [1.54, 1.807) is 77.0 Å². The lowest BCUT2D eigenvalue weighted by atomic mass is 9.56. The predicted octanol–water partition coefficient (Wildman–Crippen LogP) is 6.19. The summed E-state index contributed by atoms with van der Waals surface area (Å²) in [6.45, 7) is 3.91. The highest BCUT2D eigenvalue weighted by atomic mass is 32.2. The third kappa shape index (κ3) is 3.14. The Morgan fingerprint density at radius 1 is 0.500 bits per heavy atom. The van der Waals surface area contributed by atoms with Gasteiger partial charge in [0.1, 0.15) is 0 Å². The minimum atomic E-state index is 0.642. The molecule has 8 saturated carbocycles. The fourth-order valence-electron chi connectivity index (χ4n) is 9.72. The molecule has 9 rings (SSSR count). The summed E-state index contributed by atoms with van der Waals surface area (Å²) in [6.07, 6.45) is 20.1. The zero-order valence-corrected chi connectivity index (χ0v) is 19.1. The second-order valence-electron chi connectivity index (χ2n) is 12.3. The third-order valence-corrected chi connectivity index (χ3v) is 12.6. The fraction of sp³-hybridized carbons (Fsp3) is 1.00. The first-order valence-corrected chi connectivity index (χ1v) is 14.1. The van der Waals surface area contributed by atoms with Gasteiger partial charge in [-0.05, 0) is 119 Å². The summed E-state index contributed by atoms with van der Waals surface area (Å²) in [5.41, 5.74) is 0. The molecule has 9 fully saturated rings. The van der Waals surface area contributed by atoms with Crippen LogP contribution in [0.15, 0.2) is 0 Å². The molecule has 0 amide bonds. The van der Waals surface area contributed by atoms with Crippen LogP contribution in [0.25, 0.3) is 0 Å². The van der Waals surface area contributed by atoms with Gasteiger partial charge in [-0.3, -0.25) is 0 Å². The maximum Gasteiger partial charge on any atom is 0.0704 e. The number of nitrogens with zero attached hydrogens (tertiary/aromatic N) is 2. The lowest BCUT2D eigenvalue weighted by molar-refractivity contribution is 0.0347. The Kier molecular flexibility index (Phi) is 4.27. The van der Waals surface area contributed by atoms with Crippen LogP contribution >= 0.6 is 23.9 Å². The van der Waals surface area contributed by atoms with E-state index in [4.69, 9.17) is 0 Å². The molecule has 2 nitrogen and oxygen atoms in total. The van der Waals surface area contributed by atoms with Crippen LogP contribution < -0.4 is 0 Å². The van der Waals surface area contributed by atoms with E-state index in [1.165, 1.54) is 26.2 Å². The van der Waals surface area contributed by atoms with Gasteiger partial charge >= 0.3 is 0 Å². The molecule has 28 heavy (non-hydrogen) atoms. The lowest BCUT2D eigenvalue weighted by Gasteiger charge is -2.58. The van der Waals surface area contributed by atoms with Crippen LogP contribution in [0.5, 0.6) is 0 Å². The highest BCUT2D eigenvalue weighted by molar-refractivity contribution is 7.99. The summed E-state index contributed by atoms with van der Waals surface area (Å²) in [5.74, 6) is 6.51. The molecule has 0 aromatic heterocycles. The minimum absolute atomic E-state index is 0.642. The maximum absolute atomic E-state index is 2.82. The number of rotatable bonds is 4. The molecule has 8 aliphatic carbocycles. The van der Waals surface area contributed by atoms with E-state index in [1.807, 2.05) is 0 Å². The van der Waals surface area contributed by atoms with E-state index in [0.717, 1.165) is 35.5 Å². The largest absolute Gasteiger partial charge is 0.235 e. The van der Waals surface area contributed by atoms with Gasteiger partial charge in [0.05, 0.1) is 6.67 Å². The molecular weight excluding hydrogens is 380 g/mol. The van der Waals surface area contributed by atoms with E-state index < -0.39 is 0 Å². The molecule has 0 aromatic rings. The molecule has 0 atom stereocenters. The molecule has 0 unspecified atom stereocenters. The van der Waals surface area contributed by atoms with Crippen molar-refractivity contribution >= 4 is 23.9 Å². The minimum Gasteiger partial charge on any atom is -0.235 e. The molecule has 0 spiro atoms. The maximum atomic E-state index is 2.82. The van der Waals surface area contributed by atoms with Gasteiger partial charge in [0.25, 0.3) is 0 Å². The van der Waals surface area contributed by atoms with Gasteiger partial charge in [-0.2, -0.15) is 0 Å². The predicted molar refractivity (Wildman–Crippen MR) is 120 cm³/mol.